The number of aromatic nitrogens is 3. The van der Waals surface area contributed by atoms with E-state index in [-0.39, 0.29) is 17.0 Å². The van der Waals surface area contributed by atoms with Crippen LogP contribution in [0.3, 0.4) is 0 Å². The lowest BCUT2D eigenvalue weighted by atomic mass is 10.2. The zero-order chi connectivity index (χ0) is 13.6. The highest BCUT2D eigenvalue weighted by atomic mass is 35.5. The minimum Gasteiger partial charge on any atom is -0.490 e. The fourth-order valence-corrected chi connectivity index (χ4v) is 2.38. The summed E-state index contributed by atoms with van der Waals surface area (Å²) in [4.78, 5) is 18.7. The van der Waals surface area contributed by atoms with Crippen molar-refractivity contribution in [2.45, 2.75) is 0 Å². The molecule has 0 saturated heterocycles. The summed E-state index contributed by atoms with van der Waals surface area (Å²) in [6, 6.07) is 3.22. The second kappa shape index (κ2) is 4.06. The molecule has 2 heterocycles. The van der Waals surface area contributed by atoms with Crippen LogP contribution in [0.25, 0.3) is 21.9 Å². The molecule has 0 N–H and O–H groups in total. The van der Waals surface area contributed by atoms with Crippen molar-refractivity contribution in [2.75, 3.05) is 7.11 Å². The second-order valence-corrected chi connectivity index (χ2v) is 4.15. The van der Waals surface area contributed by atoms with Crippen molar-refractivity contribution in [3.05, 3.63) is 34.8 Å². The minimum atomic E-state index is -0.521. The predicted octanol–water partition coefficient (Wildman–Crippen LogP) is 2.50. The molecule has 0 radical (unpaired) electrons. The fourth-order valence-electron chi connectivity index (χ4n) is 2.09. The van der Waals surface area contributed by atoms with E-state index in [1.165, 1.54) is 29.8 Å². The lowest BCUT2D eigenvalue weighted by Gasteiger charge is -2.02. The molecule has 0 unspecified atom stereocenters. The topological polar surface area (TPSA) is 83.1 Å². The maximum Gasteiger partial charge on any atom is 0.336 e. The zero-order valence-electron chi connectivity index (χ0n) is 9.70. The van der Waals surface area contributed by atoms with Gasteiger partial charge >= 0.3 is 5.69 Å². The third-order valence-corrected chi connectivity index (χ3v) is 3.22. The Morgan fingerprint density at radius 1 is 1.47 bits per heavy atom. The molecule has 3 rings (SSSR count). The quantitative estimate of drug-likeness (QED) is 0.531. The lowest BCUT2D eigenvalue weighted by molar-refractivity contribution is -0.384. The Morgan fingerprint density at radius 2 is 2.26 bits per heavy atom. The van der Waals surface area contributed by atoms with Crippen molar-refractivity contribution in [1.29, 1.82) is 0 Å². The van der Waals surface area contributed by atoms with Crippen LogP contribution in [-0.2, 0) is 0 Å². The first-order valence-electron chi connectivity index (χ1n) is 5.26. The summed E-state index contributed by atoms with van der Waals surface area (Å²) in [6.45, 7) is 0. The number of nitro benzene ring substituents is 1. The number of fused-ring (bicyclic) bond motifs is 3. The van der Waals surface area contributed by atoms with E-state index in [4.69, 9.17) is 16.5 Å². The van der Waals surface area contributed by atoms with Crippen molar-refractivity contribution >= 4 is 39.4 Å². The van der Waals surface area contributed by atoms with Crippen LogP contribution in [0.4, 0.5) is 5.69 Å². The van der Waals surface area contributed by atoms with E-state index >= 15 is 0 Å². The van der Waals surface area contributed by atoms with Gasteiger partial charge in [0, 0.05) is 17.2 Å². The molecule has 7 nitrogen and oxygen atoms in total. The van der Waals surface area contributed by atoms with Gasteiger partial charge in [0.2, 0.25) is 0 Å². The van der Waals surface area contributed by atoms with Gasteiger partial charge in [-0.1, -0.05) is 0 Å². The molecular formula is C11H7ClN4O3. The SMILES string of the molecule is COc1ccc2c3ncncc3n(Cl)c2c1[N+](=O)[O-]. The molecule has 0 saturated carbocycles. The smallest absolute Gasteiger partial charge is 0.336 e. The van der Waals surface area contributed by atoms with Gasteiger partial charge in [-0.25, -0.2) is 14.1 Å². The third kappa shape index (κ3) is 1.52. The molecule has 8 heteroatoms. The standard InChI is InChI=1S/C11H7ClN4O3/c1-19-8-3-2-6-9-7(4-13-5-14-9)15(12)10(6)11(8)16(17)18/h2-5H,1H3. The first kappa shape index (κ1) is 11.7. The largest absolute Gasteiger partial charge is 0.490 e. The van der Waals surface area contributed by atoms with Crippen LogP contribution in [-0.4, -0.2) is 26.1 Å². The Morgan fingerprint density at radius 3 is 2.95 bits per heavy atom. The molecule has 96 valence electrons. The summed E-state index contributed by atoms with van der Waals surface area (Å²) >= 11 is 6.14. The van der Waals surface area contributed by atoms with E-state index in [0.717, 1.165) is 0 Å². The summed E-state index contributed by atoms with van der Waals surface area (Å²) < 4.78 is 6.20. The van der Waals surface area contributed by atoms with Gasteiger partial charge in [-0.05, 0) is 12.1 Å². The Bertz CT molecular complexity index is 814. The minimum absolute atomic E-state index is 0.148. The summed E-state index contributed by atoms with van der Waals surface area (Å²) in [6.07, 6.45) is 2.88. The fraction of sp³-hybridized carbons (Fsp3) is 0.0909. The van der Waals surface area contributed by atoms with E-state index in [1.54, 1.807) is 6.07 Å². The van der Waals surface area contributed by atoms with Gasteiger partial charge in [0.1, 0.15) is 22.9 Å². The van der Waals surface area contributed by atoms with Gasteiger partial charge in [0.25, 0.3) is 0 Å². The second-order valence-electron chi connectivity index (χ2n) is 3.81. The van der Waals surface area contributed by atoms with E-state index in [2.05, 4.69) is 9.97 Å². The number of ether oxygens (including phenoxy) is 1. The average Bonchev–Trinajstić information content (AvgIpc) is 2.72. The normalized spacial score (nSPS) is 11.1. The van der Waals surface area contributed by atoms with Gasteiger partial charge in [-0.15, -0.1) is 0 Å². The van der Waals surface area contributed by atoms with Crippen LogP contribution in [0, 0.1) is 10.1 Å². The molecule has 1 aromatic carbocycles. The highest BCUT2D eigenvalue weighted by Gasteiger charge is 2.25. The number of hydrogen-bond acceptors (Lipinski definition) is 5. The summed E-state index contributed by atoms with van der Waals surface area (Å²) in [5.74, 6) is 0.148. The number of rotatable bonds is 2. The van der Waals surface area contributed by atoms with Crippen LogP contribution in [0.5, 0.6) is 5.75 Å². The van der Waals surface area contributed by atoms with E-state index in [1.807, 2.05) is 0 Å². The van der Waals surface area contributed by atoms with Gasteiger partial charge < -0.3 is 4.74 Å². The first-order valence-corrected chi connectivity index (χ1v) is 5.60. The molecule has 0 bridgehead atoms. The van der Waals surface area contributed by atoms with E-state index in [0.29, 0.717) is 16.4 Å². The van der Waals surface area contributed by atoms with Gasteiger partial charge in [-0.3, -0.25) is 10.1 Å². The van der Waals surface area contributed by atoms with E-state index < -0.39 is 4.92 Å². The first-order chi connectivity index (χ1) is 9.15. The number of nitro groups is 1. The van der Waals surface area contributed by atoms with Crippen LogP contribution < -0.4 is 4.74 Å². The number of hydrogen-bond donors (Lipinski definition) is 0. The molecule has 2 aromatic heterocycles. The van der Waals surface area contributed by atoms with Crippen molar-refractivity contribution in [3.8, 4) is 5.75 Å². The van der Waals surface area contributed by atoms with Crippen LogP contribution in [0.2, 0.25) is 0 Å². The number of methoxy groups -OCH3 is 1. The Balaban J connectivity index is 2.59. The predicted molar refractivity (Wildman–Crippen MR) is 69.5 cm³/mol. The van der Waals surface area contributed by atoms with Crippen molar-refractivity contribution in [1.82, 2.24) is 14.1 Å². The van der Waals surface area contributed by atoms with Crippen molar-refractivity contribution < 1.29 is 9.66 Å². The maximum absolute atomic E-state index is 11.2. The average molecular weight is 279 g/mol. The van der Waals surface area contributed by atoms with Gasteiger partial charge in [0.15, 0.2) is 5.75 Å². The molecule has 3 aromatic rings. The molecule has 0 amide bonds. The molecule has 19 heavy (non-hydrogen) atoms. The molecule has 0 aliphatic heterocycles. The van der Waals surface area contributed by atoms with Gasteiger partial charge in [-0.2, -0.15) is 0 Å². The molecular weight excluding hydrogens is 272 g/mol. The Labute approximate surface area is 111 Å². The number of nitrogens with zero attached hydrogens (tertiary/aromatic N) is 4. The zero-order valence-corrected chi connectivity index (χ0v) is 10.5. The summed E-state index contributed by atoms with van der Waals surface area (Å²) in [7, 11) is 1.37. The van der Waals surface area contributed by atoms with E-state index in [9.17, 15) is 10.1 Å². The number of benzene rings is 1. The van der Waals surface area contributed by atoms with Crippen LogP contribution >= 0.6 is 11.8 Å². The third-order valence-electron chi connectivity index (χ3n) is 2.87. The van der Waals surface area contributed by atoms with Crippen molar-refractivity contribution in [3.63, 3.8) is 0 Å². The number of halogens is 1. The van der Waals surface area contributed by atoms with Crippen LogP contribution in [0.1, 0.15) is 0 Å². The monoisotopic (exact) mass is 278 g/mol. The lowest BCUT2D eigenvalue weighted by Crippen LogP contribution is -1.96. The molecule has 0 aliphatic carbocycles. The van der Waals surface area contributed by atoms with Gasteiger partial charge in [0.05, 0.1) is 18.2 Å². The highest BCUT2D eigenvalue weighted by Crippen LogP contribution is 2.39. The van der Waals surface area contributed by atoms with Crippen LogP contribution in [0.15, 0.2) is 24.7 Å². The summed E-state index contributed by atoms with van der Waals surface area (Å²) in [5, 5.41) is 11.8. The summed E-state index contributed by atoms with van der Waals surface area (Å²) in [5.41, 5.74) is 1.13. The molecule has 0 fully saturated rings. The Hall–Kier alpha value is -2.41. The molecule has 0 atom stereocenters. The molecule has 0 spiro atoms. The highest BCUT2D eigenvalue weighted by molar-refractivity contribution is 6.27. The maximum atomic E-state index is 11.2. The van der Waals surface area contributed by atoms with Crippen molar-refractivity contribution in [2.24, 2.45) is 0 Å². The Kier molecular flexibility index (Phi) is 2.49. The molecule has 0 aliphatic rings.